The zero-order valence-corrected chi connectivity index (χ0v) is 19.8. The third-order valence-corrected chi connectivity index (χ3v) is 6.67. The zero-order chi connectivity index (χ0) is 25.2. The van der Waals surface area contributed by atoms with Crippen molar-refractivity contribution in [3.05, 3.63) is 106 Å². The van der Waals surface area contributed by atoms with Gasteiger partial charge in [0.05, 0.1) is 17.1 Å². The monoisotopic (exact) mass is 492 g/mol. The Morgan fingerprint density at radius 3 is 2.66 bits per heavy atom. The number of aliphatic hydroxyl groups is 1. The van der Waals surface area contributed by atoms with E-state index in [-0.39, 0.29) is 17.5 Å². The van der Waals surface area contributed by atoms with Gasteiger partial charge in [0.2, 0.25) is 0 Å². The number of alkyl halides is 3. The number of aromatic nitrogens is 1. The van der Waals surface area contributed by atoms with E-state index in [1.807, 2.05) is 48.0 Å². The third-order valence-electron chi connectivity index (χ3n) is 5.97. The fourth-order valence-electron chi connectivity index (χ4n) is 4.07. The standard InChI is InChI=1S/C28H23F3N2OS/c1-19(2)23-7-3-5-22(13-23)16-33-17-25(24-9-8-21(15-32)14-26(24)33)27(34,28(29,30)31)11-4-6-20-10-12-35-18-20/h3-10,12-14,17-18,34H,1,11,16H2,2H3/b6-4+. The molecule has 0 radical (unpaired) electrons. The van der Waals surface area contributed by atoms with Gasteiger partial charge >= 0.3 is 6.18 Å². The highest BCUT2D eigenvalue weighted by molar-refractivity contribution is 7.08. The largest absolute Gasteiger partial charge is 0.421 e. The summed E-state index contributed by atoms with van der Waals surface area (Å²) in [5.74, 6) is 0. The molecule has 4 rings (SSSR count). The van der Waals surface area contributed by atoms with E-state index in [1.165, 1.54) is 35.7 Å². The number of fused-ring (bicyclic) bond motifs is 1. The molecule has 2 aromatic heterocycles. The second kappa shape index (κ2) is 9.57. The molecule has 0 saturated carbocycles. The number of hydrogen-bond donors (Lipinski definition) is 1. The second-order valence-corrected chi connectivity index (χ2v) is 9.30. The molecule has 178 valence electrons. The van der Waals surface area contributed by atoms with Crippen LogP contribution in [0, 0.1) is 11.3 Å². The summed E-state index contributed by atoms with van der Waals surface area (Å²) in [6, 6.07) is 15.9. The minimum atomic E-state index is -4.92. The van der Waals surface area contributed by atoms with Gasteiger partial charge in [-0.1, -0.05) is 48.6 Å². The minimum Gasteiger partial charge on any atom is -0.376 e. The predicted octanol–water partition coefficient (Wildman–Crippen LogP) is 7.51. The van der Waals surface area contributed by atoms with E-state index in [9.17, 15) is 23.5 Å². The summed E-state index contributed by atoms with van der Waals surface area (Å²) in [5, 5.41) is 24.4. The van der Waals surface area contributed by atoms with E-state index >= 15 is 0 Å². The van der Waals surface area contributed by atoms with Crippen LogP contribution in [-0.2, 0) is 12.1 Å². The molecule has 0 aliphatic rings. The lowest BCUT2D eigenvalue weighted by molar-refractivity contribution is -0.264. The van der Waals surface area contributed by atoms with Crippen molar-refractivity contribution >= 4 is 33.9 Å². The Kier molecular flexibility index (Phi) is 6.70. The highest BCUT2D eigenvalue weighted by Gasteiger charge is 2.55. The van der Waals surface area contributed by atoms with E-state index in [0.29, 0.717) is 11.1 Å². The number of rotatable bonds is 7. The molecule has 2 aromatic carbocycles. The van der Waals surface area contributed by atoms with Crippen LogP contribution in [0.5, 0.6) is 0 Å². The van der Waals surface area contributed by atoms with Gasteiger partial charge < -0.3 is 9.67 Å². The van der Waals surface area contributed by atoms with Gasteiger partial charge in [-0.2, -0.15) is 29.8 Å². The first-order chi connectivity index (χ1) is 16.6. The molecule has 0 amide bonds. The number of benzene rings is 2. The van der Waals surface area contributed by atoms with E-state index in [0.717, 1.165) is 22.3 Å². The SMILES string of the molecule is C=C(C)c1cccc(Cn2cc(C(O)(C/C=C/c3ccsc3)C(F)(F)F)c3ccc(C#N)cc32)c1. The highest BCUT2D eigenvalue weighted by Crippen LogP contribution is 2.45. The summed E-state index contributed by atoms with van der Waals surface area (Å²) in [6.07, 6.45) is -1.29. The van der Waals surface area contributed by atoms with E-state index in [4.69, 9.17) is 0 Å². The Morgan fingerprint density at radius 2 is 2.00 bits per heavy atom. The first-order valence-electron chi connectivity index (χ1n) is 10.9. The average Bonchev–Trinajstić information content (AvgIpc) is 3.46. The minimum absolute atomic E-state index is 0.240. The Labute approximate surface area is 205 Å². The molecule has 0 saturated heterocycles. The quantitative estimate of drug-likeness (QED) is 0.290. The smallest absolute Gasteiger partial charge is 0.376 e. The Morgan fingerprint density at radius 1 is 1.20 bits per heavy atom. The Hall–Kier alpha value is -3.60. The maximum absolute atomic E-state index is 14.4. The predicted molar refractivity (Wildman–Crippen MR) is 135 cm³/mol. The van der Waals surface area contributed by atoms with Gasteiger partial charge in [-0.25, -0.2) is 0 Å². The summed E-state index contributed by atoms with van der Waals surface area (Å²) >= 11 is 1.44. The molecule has 1 unspecified atom stereocenters. The molecule has 35 heavy (non-hydrogen) atoms. The Bertz CT molecular complexity index is 1440. The summed E-state index contributed by atoms with van der Waals surface area (Å²) in [7, 11) is 0. The van der Waals surface area contributed by atoms with Crippen molar-refractivity contribution in [2.24, 2.45) is 0 Å². The Balaban J connectivity index is 1.83. The molecular formula is C28H23F3N2OS. The molecule has 4 aromatic rings. The lowest BCUT2D eigenvalue weighted by Crippen LogP contribution is -2.41. The highest BCUT2D eigenvalue weighted by atomic mass is 32.1. The average molecular weight is 493 g/mol. The van der Waals surface area contributed by atoms with Crippen molar-refractivity contribution in [1.82, 2.24) is 4.57 Å². The van der Waals surface area contributed by atoms with Crippen molar-refractivity contribution in [2.45, 2.75) is 31.7 Å². The lowest BCUT2D eigenvalue weighted by Gasteiger charge is -2.29. The van der Waals surface area contributed by atoms with Gasteiger partial charge in [0, 0.05) is 30.1 Å². The molecule has 3 nitrogen and oxygen atoms in total. The van der Waals surface area contributed by atoms with Gasteiger partial charge in [-0.3, -0.25) is 0 Å². The van der Waals surface area contributed by atoms with E-state index in [1.54, 1.807) is 22.8 Å². The molecule has 0 bridgehead atoms. The number of nitrogens with zero attached hydrogens (tertiary/aromatic N) is 2. The number of halogens is 3. The summed E-state index contributed by atoms with van der Waals surface area (Å²) in [6.45, 7) is 6.10. The van der Waals surface area contributed by atoms with Crippen LogP contribution in [0.2, 0.25) is 0 Å². The fourth-order valence-corrected chi connectivity index (χ4v) is 4.70. The van der Waals surface area contributed by atoms with Gasteiger partial charge in [0.15, 0.2) is 5.60 Å². The van der Waals surface area contributed by atoms with Crippen LogP contribution in [0.3, 0.4) is 0 Å². The molecule has 2 heterocycles. The normalized spacial score (nSPS) is 13.7. The van der Waals surface area contributed by atoms with Gasteiger partial charge in [0.25, 0.3) is 0 Å². The van der Waals surface area contributed by atoms with Crippen molar-refractivity contribution < 1.29 is 18.3 Å². The van der Waals surface area contributed by atoms with Crippen LogP contribution < -0.4 is 0 Å². The lowest BCUT2D eigenvalue weighted by atomic mass is 9.89. The first-order valence-corrected chi connectivity index (χ1v) is 11.8. The molecule has 1 N–H and O–H groups in total. The number of hydrogen-bond acceptors (Lipinski definition) is 3. The van der Waals surface area contributed by atoms with Crippen LogP contribution in [0.4, 0.5) is 13.2 Å². The maximum Gasteiger partial charge on any atom is 0.421 e. The van der Waals surface area contributed by atoms with Gasteiger partial charge in [0.1, 0.15) is 0 Å². The third kappa shape index (κ3) is 4.95. The molecule has 0 fully saturated rings. The maximum atomic E-state index is 14.4. The van der Waals surface area contributed by atoms with Crippen LogP contribution >= 0.6 is 11.3 Å². The van der Waals surface area contributed by atoms with Crippen molar-refractivity contribution in [3.8, 4) is 6.07 Å². The van der Waals surface area contributed by atoms with Crippen molar-refractivity contribution in [3.63, 3.8) is 0 Å². The topological polar surface area (TPSA) is 49.0 Å². The van der Waals surface area contributed by atoms with Gasteiger partial charge in [-0.05, 0) is 58.6 Å². The van der Waals surface area contributed by atoms with Crippen LogP contribution in [-0.4, -0.2) is 15.8 Å². The summed E-state index contributed by atoms with van der Waals surface area (Å²) in [4.78, 5) is 0. The molecule has 1 atom stereocenters. The number of nitriles is 1. The van der Waals surface area contributed by atoms with Crippen molar-refractivity contribution in [2.75, 3.05) is 0 Å². The van der Waals surface area contributed by atoms with E-state index in [2.05, 4.69) is 6.58 Å². The first kappa shape index (κ1) is 24.5. The number of allylic oxidation sites excluding steroid dienone is 1. The van der Waals surface area contributed by atoms with Gasteiger partial charge in [-0.15, -0.1) is 0 Å². The zero-order valence-electron chi connectivity index (χ0n) is 19.0. The second-order valence-electron chi connectivity index (χ2n) is 8.52. The molecule has 0 spiro atoms. The summed E-state index contributed by atoms with van der Waals surface area (Å²) < 4.78 is 44.7. The summed E-state index contributed by atoms with van der Waals surface area (Å²) in [5.41, 5.74) is 0.883. The van der Waals surface area contributed by atoms with Crippen LogP contribution in [0.1, 0.15) is 41.2 Å². The fraction of sp³-hybridized carbons (Fsp3) is 0.179. The van der Waals surface area contributed by atoms with Crippen LogP contribution in [0.25, 0.3) is 22.6 Å². The molecule has 0 aliphatic carbocycles. The van der Waals surface area contributed by atoms with Crippen LogP contribution in [0.15, 0.2) is 78.1 Å². The molecule has 0 aliphatic heterocycles. The van der Waals surface area contributed by atoms with E-state index < -0.39 is 18.2 Å². The molecule has 7 heteroatoms. The molecular weight excluding hydrogens is 469 g/mol. The number of thiophene rings is 1. The van der Waals surface area contributed by atoms with Crippen molar-refractivity contribution in [1.29, 1.82) is 5.26 Å².